The summed E-state index contributed by atoms with van der Waals surface area (Å²) in [6.45, 7) is 10.7. The molecule has 0 radical (unpaired) electrons. The van der Waals surface area contributed by atoms with Gasteiger partial charge in [0.1, 0.15) is 11.9 Å². The van der Waals surface area contributed by atoms with Crippen LogP contribution in [0.3, 0.4) is 0 Å². The van der Waals surface area contributed by atoms with Crippen LogP contribution in [-0.4, -0.2) is 36.8 Å². The Bertz CT molecular complexity index is 568. The number of nitrogen functional groups attached to an aromatic ring is 1. The summed E-state index contributed by atoms with van der Waals surface area (Å²) in [4.78, 5) is 18.5. The lowest BCUT2D eigenvalue weighted by molar-refractivity contribution is -0.150. The van der Waals surface area contributed by atoms with E-state index in [9.17, 15) is 4.79 Å². The maximum absolute atomic E-state index is 11.9. The van der Waals surface area contributed by atoms with Gasteiger partial charge in [-0.25, -0.2) is 0 Å². The van der Waals surface area contributed by atoms with Crippen LogP contribution in [-0.2, 0) is 9.53 Å². The largest absolute Gasteiger partial charge is 0.478 e. The lowest BCUT2D eigenvalue weighted by Gasteiger charge is -2.24. The minimum atomic E-state index is -0.121. The Labute approximate surface area is 177 Å². The quantitative estimate of drug-likeness (QED) is 0.393. The molecule has 1 aliphatic rings. The summed E-state index contributed by atoms with van der Waals surface area (Å²) in [5.74, 6) is 0.850. The first kappa shape index (κ1) is 25.1. The molecule has 0 atom stereocenters. The number of nitrogens with two attached hydrogens (primary N) is 1. The molecule has 29 heavy (non-hydrogen) atoms. The molecule has 2 N–H and O–H groups in total. The Balaban J connectivity index is 0.00000204. The lowest BCUT2D eigenvalue weighted by atomic mass is 9.98. The highest BCUT2D eigenvalue weighted by molar-refractivity contribution is 5.69. The third-order valence-electron chi connectivity index (χ3n) is 4.78. The maximum Gasteiger partial charge on any atom is 0.306 e. The van der Waals surface area contributed by atoms with Crippen molar-refractivity contribution in [3.8, 4) is 5.88 Å². The Kier molecular flexibility index (Phi) is 12.9. The molecule has 1 heterocycles. The van der Waals surface area contributed by atoms with Crippen molar-refractivity contribution in [2.45, 2.75) is 91.6 Å². The van der Waals surface area contributed by atoms with Crippen LogP contribution < -0.4 is 15.4 Å². The van der Waals surface area contributed by atoms with Gasteiger partial charge in [0.25, 0.3) is 0 Å². The zero-order chi connectivity index (χ0) is 21.5. The second-order valence-electron chi connectivity index (χ2n) is 7.28. The van der Waals surface area contributed by atoms with Crippen molar-refractivity contribution in [3.63, 3.8) is 0 Å². The minimum absolute atomic E-state index is 0.119. The summed E-state index contributed by atoms with van der Waals surface area (Å²) in [7, 11) is 0. The summed E-state index contributed by atoms with van der Waals surface area (Å²) in [5.41, 5.74) is 6.99. The van der Waals surface area contributed by atoms with Crippen LogP contribution in [0, 0.1) is 0 Å². The third-order valence-corrected chi connectivity index (χ3v) is 4.78. The number of hydrogen-bond donors (Lipinski definition) is 1. The average molecular weight is 408 g/mol. The SMILES string of the molecule is CC.CCCN(CCC)c1cc(N)nc(OCCCC(=O)OC2CCCCC2)c1. The topological polar surface area (TPSA) is 77.7 Å². The van der Waals surface area contributed by atoms with E-state index in [1.165, 1.54) is 6.42 Å². The summed E-state index contributed by atoms with van der Waals surface area (Å²) in [5, 5.41) is 0. The van der Waals surface area contributed by atoms with E-state index < -0.39 is 0 Å². The van der Waals surface area contributed by atoms with Crippen LogP contribution >= 0.6 is 0 Å². The van der Waals surface area contributed by atoms with Crippen LogP contribution in [0.1, 0.15) is 85.5 Å². The van der Waals surface area contributed by atoms with Gasteiger partial charge in [-0.3, -0.25) is 4.79 Å². The van der Waals surface area contributed by atoms with Gasteiger partial charge >= 0.3 is 5.97 Å². The molecule has 0 unspecified atom stereocenters. The number of nitrogens with zero attached hydrogens (tertiary/aromatic N) is 2. The van der Waals surface area contributed by atoms with Crippen LogP contribution in [0.4, 0.5) is 11.5 Å². The standard InChI is InChI=1S/C21H35N3O3.C2H6/c1-3-12-24(13-4-2)17-15-19(22)23-20(16-17)26-14-8-11-21(25)27-18-9-6-5-7-10-18;1-2/h15-16,18H,3-14H2,1-2H3,(H2,22,23);1-2H3. The van der Waals surface area contributed by atoms with Gasteiger partial charge in [0, 0.05) is 37.3 Å². The molecular weight excluding hydrogens is 366 g/mol. The molecule has 0 bridgehead atoms. The van der Waals surface area contributed by atoms with E-state index in [1.807, 2.05) is 26.0 Å². The number of rotatable bonds is 11. The number of esters is 1. The van der Waals surface area contributed by atoms with Crippen LogP contribution in [0.2, 0.25) is 0 Å². The van der Waals surface area contributed by atoms with Gasteiger partial charge in [-0.15, -0.1) is 0 Å². The maximum atomic E-state index is 11.9. The third kappa shape index (κ3) is 9.86. The Morgan fingerprint density at radius 2 is 1.79 bits per heavy atom. The number of carbonyl (C=O) groups excluding carboxylic acids is 1. The fraction of sp³-hybridized carbons (Fsp3) is 0.739. The van der Waals surface area contributed by atoms with E-state index in [-0.39, 0.29) is 12.1 Å². The predicted molar refractivity (Wildman–Crippen MR) is 120 cm³/mol. The van der Waals surface area contributed by atoms with Crippen molar-refractivity contribution in [2.24, 2.45) is 0 Å². The monoisotopic (exact) mass is 407 g/mol. The second kappa shape index (κ2) is 14.9. The van der Waals surface area contributed by atoms with Crippen LogP contribution in [0.15, 0.2) is 12.1 Å². The molecule has 1 saturated carbocycles. The van der Waals surface area contributed by atoms with E-state index >= 15 is 0 Å². The molecular formula is C23H41N3O3. The Hall–Kier alpha value is -1.98. The smallest absolute Gasteiger partial charge is 0.306 e. The Morgan fingerprint density at radius 3 is 2.41 bits per heavy atom. The van der Waals surface area contributed by atoms with E-state index in [0.717, 1.165) is 57.3 Å². The van der Waals surface area contributed by atoms with E-state index in [0.29, 0.717) is 31.1 Å². The van der Waals surface area contributed by atoms with Gasteiger partial charge in [-0.05, 0) is 44.9 Å². The number of aromatic nitrogens is 1. The van der Waals surface area contributed by atoms with Gasteiger partial charge in [-0.2, -0.15) is 4.98 Å². The molecule has 0 aromatic carbocycles. The molecule has 1 fully saturated rings. The van der Waals surface area contributed by atoms with Crippen molar-refractivity contribution in [1.82, 2.24) is 4.98 Å². The molecule has 1 aromatic heterocycles. The summed E-state index contributed by atoms with van der Waals surface area (Å²) < 4.78 is 11.3. The fourth-order valence-electron chi connectivity index (χ4n) is 3.50. The summed E-state index contributed by atoms with van der Waals surface area (Å²) in [6, 6.07) is 3.82. The molecule has 6 nitrogen and oxygen atoms in total. The number of anilines is 2. The first-order chi connectivity index (χ1) is 14.1. The first-order valence-electron chi connectivity index (χ1n) is 11.5. The zero-order valence-corrected chi connectivity index (χ0v) is 18.9. The molecule has 6 heteroatoms. The van der Waals surface area contributed by atoms with Crippen molar-refractivity contribution in [2.75, 3.05) is 30.3 Å². The predicted octanol–water partition coefficient (Wildman–Crippen LogP) is 5.35. The number of pyridine rings is 1. The lowest BCUT2D eigenvalue weighted by Crippen LogP contribution is -2.25. The summed E-state index contributed by atoms with van der Waals surface area (Å²) in [6.07, 6.45) is 8.85. The first-order valence-corrected chi connectivity index (χ1v) is 11.5. The normalized spacial score (nSPS) is 13.9. The van der Waals surface area contributed by atoms with E-state index in [4.69, 9.17) is 15.2 Å². The number of carbonyl (C=O) groups is 1. The van der Waals surface area contributed by atoms with Gasteiger partial charge < -0.3 is 20.1 Å². The van der Waals surface area contributed by atoms with Gasteiger partial charge in [0.05, 0.1) is 6.61 Å². The Morgan fingerprint density at radius 1 is 1.14 bits per heavy atom. The highest BCUT2D eigenvalue weighted by Crippen LogP contribution is 2.24. The van der Waals surface area contributed by atoms with Gasteiger partial charge in [0.15, 0.2) is 0 Å². The number of ether oxygens (including phenoxy) is 2. The van der Waals surface area contributed by atoms with Gasteiger partial charge in [-0.1, -0.05) is 34.1 Å². The molecule has 0 spiro atoms. The van der Waals surface area contributed by atoms with Crippen molar-refractivity contribution < 1.29 is 14.3 Å². The zero-order valence-electron chi connectivity index (χ0n) is 18.9. The molecule has 0 saturated heterocycles. The van der Waals surface area contributed by atoms with Crippen LogP contribution in [0.5, 0.6) is 5.88 Å². The van der Waals surface area contributed by atoms with Crippen LogP contribution in [0.25, 0.3) is 0 Å². The summed E-state index contributed by atoms with van der Waals surface area (Å²) >= 11 is 0. The van der Waals surface area contributed by atoms with E-state index in [2.05, 4.69) is 23.7 Å². The average Bonchev–Trinajstić information content (AvgIpc) is 2.73. The number of hydrogen-bond acceptors (Lipinski definition) is 6. The molecule has 0 amide bonds. The molecule has 166 valence electrons. The molecule has 2 rings (SSSR count). The highest BCUT2D eigenvalue weighted by Gasteiger charge is 2.17. The van der Waals surface area contributed by atoms with Crippen molar-refractivity contribution >= 4 is 17.5 Å². The second-order valence-corrected chi connectivity index (χ2v) is 7.28. The fourth-order valence-corrected chi connectivity index (χ4v) is 3.50. The molecule has 0 aliphatic heterocycles. The molecule has 1 aliphatic carbocycles. The van der Waals surface area contributed by atoms with Gasteiger partial charge in [0.2, 0.25) is 5.88 Å². The van der Waals surface area contributed by atoms with Crippen molar-refractivity contribution in [3.05, 3.63) is 12.1 Å². The minimum Gasteiger partial charge on any atom is -0.478 e. The van der Waals surface area contributed by atoms with Crippen molar-refractivity contribution in [1.29, 1.82) is 0 Å². The highest BCUT2D eigenvalue weighted by atomic mass is 16.5. The molecule has 1 aromatic rings. The van der Waals surface area contributed by atoms with E-state index in [1.54, 1.807) is 0 Å².